The number of anilines is 1. The van der Waals surface area contributed by atoms with Crippen molar-refractivity contribution < 1.29 is 17.9 Å². The van der Waals surface area contributed by atoms with Gasteiger partial charge in [0.25, 0.3) is 21.0 Å². The van der Waals surface area contributed by atoms with Crippen molar-refractivity contribution in [1.29, 1.82) is 0 Å². The molecule has 12 heteroatoms. The van der Waals surface area contributed by atoms with E-state index >= 15 is 0 Å². The first-order valence-corrected chi connectivity index (χ1v) is 9.34. The van der Waals surface area contributed by atoms with Gasteiger partial charge in [-0.2, -0.15) is 22.9 Å². The van der Waals surface area contributed by atoms with Gasteiger partial charge in [0.1, 0.15) is 0 Å². The van der Waals surface area contributed by atoms with Crippen molar-refractivity contribution in [2.24, 2.45) is 0 Å². The number of hydrogen-bond acceptors (Lipinski definition) is 7. The van der Waals surface area contributed by atoms with E-state index in [1.165, 1.54) is 26.4 Å². The number of aromatic nitrogens is 4. The van der Waals surface area contributed by atoms with Crippen LogP contribution in [-0.2, 0) is 10.0 Å². The first-order chi connectivity index (χ1) is 12.3. The first kappa shape index (κ1) is 18.5. The van der Waals surface area contributed by atoms with Crippen LogP contribution in [0.4, 0.5) is 5.69 Å². The molecular formula is C14H13Cl2N5O4S. The number of methoxy groups -OCH3 is 2. The molecule has 0 amide bonds. The number of benzene rings is 1. The molecule has 0 spiro atoms. The van der Waals surface area contributed by atoms with Gasteiger partial charge in [-0.3, -0.25) is 4.72 Å². The Morgan fingerprint density at radius 2 is 1.88 bits per heavy atom. The summed E-state index contributed by atoms with van der Waals surface area (Å²) in [5, 5.41) is 3.74. The molecule has 0 bridgehead atoms. The summed E-state index contributed by atoms with van der Waals surface area (Å²) in [4.78, 5) is 7.96. The van der Waals surface area contributed by atoms with Crippen LogP contribution in [0.3, 0.4) is 0 Å². The molecule has 0 atom stereocenters. The lowest BCUT2D eigenvalue weighted by atomic mass is 10.2. The number of sulfonamides is 1. The zero-order valence-corrected chi connectivity index (χ0v) is 16.1. The molecule has 0 saturated carbocycles. The number of nitrogens with zero attached hydrogens (tertiary/aromatic N) is 4. The molecule has 2 heterocycles. The van der Waals surface area contributed by atoms with E-state index < -0.39 is 15.2 Å². The zero-order valence-electron chi connectivity index (χ0n) is 13.8. The summed E-state index contributed by atoms with van der Waals surface area (Å²) in [6, 6.07) is 4.65. The molecule has 3 rings (SSSR count). The molecule has 0 saturated heterocycles. The second kappa shape index (κ2) is 6.78. The zero-order chi connectivity index (χ0) is 19.1. The monoisotopic (exact) mass is 417 g/mol. The van der Waals surface area contributed by atoms with Gasteiger partial charge in [0, 0.05) is 0 Å². The molecule has 0 fully saturated rings. The molecule has 26 heavy (non-hydrogen) atoms. The largest absolute Gasteiger partial charge is 0.481 e. The van der Waals surface area contributed by atoms with E-state index in [1.807, 2.05) is 0 Å². The van der Waals surface area contributed by atoms with Crippen molar-refractivity contribution in [3.8, 4) is 11.8 Å². The molecule has 9 nitrogen and oxygen atoms in total. The van der Waals surface area contributed by atoms with Crippen molar-refractivity contribution in [3.63, 3.8) is 0 Å². The van der Waals surface area contributed by atoms with E-state index in [2.05, 4.69) is 19.8 Å². The molecule has 2 aromatic heterocycles. The van der Waals surface area contributed by atoms with Crippen LogP contribution >= 0.6 is 23.2 Å². The molecule has 0 aliphatic carbocycles. The fourth-order valence-electron chi connectivity index (χ4n) is 2.10. The highest BCUT2D eigenvalue weighted by molar-refractivity contribution is 7.92. The number of fused-ring (bicyclic) bond motifs is 1. The van der Waals surface area contributed by atoms with Crippen LogP contribution in [0.5, 0.6) is 11.8 Å². The Hall–Kier alpha value is -2.30. The van der Waals surface area contributed by atoms with E-state index in [9.17, 15) is 8.42 Å². The van der Waals surface area contributed by atoms with Gasteiger partial charge < -0.3 is 9.47 Å². The summed E-state index contributed by atoms with van der Waals surface area (Å²) >= 11 is 12.2. The van der Waals surface area contributed by atoms with Crippen LogP contribution in [0, 0.1) is 6.92 Å². The normalized spacial score (nSPS) is 11.6. The number of halogens is 2. The molecule has 1 N–H and O–H groups in total. The first-order valence-electron chi connectivity index (χ1n) is 7.10. The fourth-order valence-corrected chi connectivity index (χ4v) is 3.64. The third-order valence-electron chi connectivity index (χ3n) is 3.42. The Kier molecular flexibility index (Phi) is 4.82. The van der Waals surface area contributed by atoms with Crippen molar-refractivity contribution >= 4 is 44.7 Å². The van der Waals surface area contributed by atoms with E-state index in [4.69, 9.17) is 32.7 Å². The Morgan fingerprint density at radius 3 is 2.54 bits per heavy atom. The van der Waals surface area contributed by atoms with Crippen LogP contribution in [0.1, 0.15) is 5.56 Å². The van der Waals surface area contributed by atoms with Gasteiger partial charge in [0.15, 0.2) is 0 Å². The maximum absolute atomic E-state index is 12.7. The second-order valence-corrected chi connectivity index (χ2v) is 7.47. The average Bonchev–Trinajstić information content (AvgIpc) is 3.06. The Morgan fingerprint density at radius 1 is 1.15 bits per heavy atom. The molecule has 0 unspecified atom stereocenters. The van der Waals surface area contributed by atoms with Gasteiger partial charge in [0.05, 0.1) is 36.0 Å². The van der Waals surface area contributed by atoms with Crippen LogP contribution in [-0.4, -0.2) is 42.2 Å². The van der Waals surface area contributed by atoms with Crippen LogP contribution < -0.4 is 14.2 Å². The summed E-state index contributed by atoms with van der Waals surface area (Å²) in [6.07, 6.45) is 0. The van der Waals surface area contributed by atoms with Crippen LogP contribution in [0.2, 0.25) is 10.0 Å². The van der Waals surface area contributed by atoms with E-state index in [1.54, 1.807) is 13.0 Å². The molecule has 138 valence electrons. The second-order valence-electron chi connectivity index (χ2n) is 5.11. The van der Waals surface area contributed by atoms with Crippen molar-refractivity contribution in [3.05, 3.63) is 33.8 Å². The van der Waals surface area contributed by atoms with Crippen molar-refractivity contribution in [1.82, 2.24) is 19.6 Å². The minimum atomic E-state index is -4.18. The maximum Gasteiger partial charge on any atom is 0.299 e. The summed E-state index contributed by atoms with van der Waals surface area (Å²) in [5.41, 5.74) is 0.703. The molecular weight excluding hydrogens is 405 g/mol. The van der Waals surface area contributed by atoms with E-state index in [-0.39, 0.29) is 33.3 Å². The van der Waals surface area contributed by atoms with Gasteiger partial charge in [-0.05, 0) is 18.6 Å². The standard InChI is InChI=1S/C14H13Cl2N5O4S/c1-7-4-5-8(15)12(11(7)16)20-26(22,23)14-18-13-17-9(24-2)6-10(25-3)21(13)19-14/h4-6,20H,1-3H3. The van der Waals surface area contributed by atoms with E-state index in [0.29, 0.717) is 5.56 Å². The van der Waals surface area contributed by atoms with Crippen LogP contribution in [0.25, 0.3) is 5.78 Å². The minimum absolute atomic E-state index is 0.0111. The van der Waals surface area contributed by atoms with Gasteiger partial charge in [-0.1, -0.05) is 29.3 Å². The maximum atomic E-state index is 12.7. The lowest BCUT2D eigenvalue weighted by molar-refractivity contribution is 0.364. The topological polar surface area (TPSA) is 108 Å². The Bertz CT molecular complexity index is 1100. The SMILES string of the molecule is COc1cc(OC)n2nc(S(=O)(=O)Nc3c(Cl)ccc(C)c3Cl)nc2n1. The number of aryl methyl sites for hydroxylation is 1. The molecule has 0 radical (unpaired) electrons. The van der Waals surface area contributed by atoms with Gasteiger partial charge in [-0.15, -0.1) is 5.10 Å². The van der Waals surface area contributed by atoms with Gasteiger partial charge >= 0.3 is 0 Å². The summed E-state index contributed by atoms with van der Waals surface area (Å²) < 4.78 is 39.0. The summed E-state index contributed by atoms with van der Waals surface area (Å²) in [7, 11) is -1.37. The molecule has 0 aliphatic heterocycles. The average molecular weight is 418 g/mol. The minimum Gasteiger partial charge on any atom is -0.481 e. The predicted molar refractivity (Wildman–Crippen MR) is 95.9 cm³/mol. The highest BCUT2D eigenvalue weighted by Gasteiger charge is 2.25. The van der Waals surface area contributed by atoms with Crippen molar-refractivity contribution in [2.75, 3.05) is 18.9 Å². The quantitative estimate of drug-likeness (QED) is 0.679. The van der Waals surface area contributed by atoms with Crippen molar-refractivity contribution in [2.45, 2.75) is 12.1 Å². The lowest BCUT2D eigenvalue weighted by Crippen LogP contribution is -2.15. The predicted octanol–water partition coefficient (Wildman–Crippen LogP) is 2.56. The highest BCUT2D eigenvalue weighted by atomic mass is 35.5. The number of rotatable bonds is 5. The third-order valence-corrected chi connectivity index (χ3v) is 5.34. The summed E-state index contributed by atoms with van der Waals surface area (Å²) in [5.74, 6) is 0.388. The Labute approximate surface area is 158 Å². The number of nitrogens with one attached hydrogen (secondary N) is 1. The summed E-state index contributed by atoms with van der Waals surface area (Å²) in [6.45, 7) is 1.72. The molecule has 1 aromatic carbocycles. The highest BCUT2D eigenvalue weighted by Crippen LogP contribution is 2.34. The van der Waals surface area contributed by atoms with Gasteiger partial charge in [0.2, 0.25) is 11.8 Å². The number of ether oxygens (including phenoxy) is 2. The molecule has 3 aromatic rings. The van der Waals surface area contributed by atoms with E-state index in [0.717, 1.165) is 4.52 Å². The van der Waals surface area contributed by atoms with Crippen LogP contribution in [0.15, 0.2) is 23.4 Å². The van der Waals surface area contributed by atoms with Gasteiger partial charge in [-0.25, -0.2) is 0 Å². The lowest BCUT2D eigenvalue weighted by Gasteiger charge is -2.10. The molecule has 0 aliphatic rings. The number of hydrogen-bond donors (Lipinski definition) is 1. The Balaban J connectivity index is 2.09. The smallest absolute Gasteiger partial charge is 0.299 e. The fraction of sp³-hybridized carbons (Fsp3) is 0.214. The third kappa shape index (κ3) is 3.22.